The fraction of sp³-hybridized carbons (Fsp3) is 0.417. The normalized spacial score (nSPS) is 14.0. The van der Waals surface area contributed by atoms with Crippen molar-refractivity contribution < 1.29 is 19.7 Å². The molecule has 0 bridgehead atoms. The van der Waals surface area contributed by atoms with Crippen molar-refractivity contribution in [3.05, 3.63) is 28.8 Å². The molecule has 0 radical (unpaired) electrons. The third kappa shape index (κ3) is 3.87. The molecule has 0 spiro atoms. The summed E-state index contributed by atoms with van der Waals surface area (Å²) in [5, 5.41) is 19.9. The molecule has 0 saturated heterocycles. The van der Waals surface area contributed by atoms with Gasteiger partial charge in [-0.3, -0.25) is 4.79 Å². The third-order valence-electron chi connectivity index (χ3n) is 2.41. The molecule has 6 heteroatoms. The highest BCUT2D eigenvalue weighted by molar-refractivity contribution is 6.33. The summed E-state index contributed by atoms with van der Waals surface area (Å²) < 4.78 is 4.69. The van der Waals surface area contributed by atoms with E-state index in [9.17, 15) is 15.0 Å². The lowest BCUT2D eigenvalue weighted by atomic mass is 10.0. The molecule has 18 heavy (non-hydrogen) atoms. The lowest BCUT2D eigenvalue weighted by molar-refractivity contribution is -0.147. The van der Waals surface area contributed by atoms with Gasteiger partial charge in [0.2, 0.25) is 0 Å². The van der Waals surface area contributed by atoms with Gasteiger partial charge in [0.1, 0.15) is 6.10 Å². The number of benzene rings is 1. The quantitative estimate of drug-likeness (QED) is 0.555. The van der Waals surface area contributed by atoms with Crippen molar-refractivity contribution in [3.63, 3.8) is 0 Å². The van der Waals surface area contributed by atoms with Crippen LogP contribution in [0.2, 0.25) is 5.02 Å². The zero-order valence-corrected chi connectivity index (χ0v) is 10.7. The van der Waals surface area contributed by atoms with Crippen molar-refractivity contribution in [2.24, 2.45) is 0 Å². The van der Waals surface area contributed by atoms with E-state index in [1.165, 1.54) is 12.1 Å². The van der Waals surface area contributed by atoms with E-state index in [1.807, 2.05) is 0 Å². The van der Waals surface area contributed by atoms with Crippen molar-refractivity contribution in [1.29, 1.82) is 0 Å². The number of nitrogens with two attached hydrogens (primary N) is 1. The first kappa shape index (κ1) is 14.8. The van der Waals surface area contributed by atoms with Crippen LogP contribution >= 0.6 is 11.6 Å². The zero-order chi connectivity index (χ0) is 13.7. The summed E-state index contributed by atoms with van der Waals surface area (Å²) in [6.45, 7) is 1.90. The summed E-state index contributed by atoms with van der Waals surface area (Å²) in [5.41, 5.74) is 6.31. The zero-order valence-electron chi connectivity index (χ0n) is 9.97. The molecule has 2 atom stereocenters. The Labute approximate surface area is 110 Å². The van der Waals surface area contributed by atoms with Crippen LogP contribution in [0.15, 0.2) is 18.2 Å². The Bertz CT molecular complexity index is 425. The highest BCUT2D eigenvalue weighted by Crippen LogP contribution is 2.26. The van der Waals surface area contributed by atoms with E-state index in [2.05, 4.69) is 4.74 Å². The number of esters is 1. The minimum absolute atomic E-state index is 0.231. The average Bonchev–Trinajstić information content (AvgIpc) is 2.32. The lowest BCUT2D eigenvalue weighted by Crippen LogP contribution is -2.23. The first-order valence-electron chi connectivity index (χ1n) is 5.52. The smallest absolute Gasteiger partial charge is 0.308 e. The Morgan fingerprint density at radius 2 is 2.17 bits per heavy atom. The summed E-state index contributed by atoms with van der Waals surface area (Å²) in [5.74, 6) is -0.564. The van der Waals surface area contributed by atoms with Gasteiger partial charge in [-0.1, -0.05) is 17.7 Å². The van der Waals surface area contributed by atoms with Gasteiger partial charge in [-0.05, 0) is 24.6 Å². The summed E-state index contributed by atoms with van der Waals surface area (Å²) in [6.07, 6.45) is -2.74. The molecule has 4 N–H and O–H groups in total. The van der Waals surface area contributed by atoms with Crippen molar-refractivity contribution in [2.45, 2.75) is 25.6 Å². The molecule has 1 aromatic carbocycles. The van der Waals surface area contributed by atoms with Gasteiger partial charge in [-0.25, -0.2) is 0 Å². The summed E-state index contributed by atoms with van der Waals surface area (Å²) in [7, 11) is 0. The van der Waals surface area contributed by atoms with Gasteiger partial charge in [-0.15, -0.1) is 0 Å². The van der Waals surface area contributed by atoms with Crippen molar-refractivity contribution in [1.82, 2.24) is 0 Å². The van der Waals surface area contributed by atoms with E-state index in [0.29, 0.717) is 11.3 Å². The number of ether oxygens (including phenoxy) is 1. The second kappa shape index (κ2) is 6.58. The Morgan fingerprint density at radius 1 is 1.50 bits per heavy atom. The number of carbonyl (C=O) groups excluding carboxylic acids is 1. The van der Waals surface area contributed by atoms with Crippen LogP contribution in [0.1, 0.15) is 25.0 Å². The first-order valence-corrected chi connectivity index (χ1v) is 5.90. The fourth-order valence-electron chi connectivity index (χ4n) is 1.45. The number of nitrogen functional groups attached to an aromatic ring is 1. The van der Waals surface area contributed by atoms with E-state index in [-0.39, 0.29) is 18.1 Å². The van der Waals surface area contributed by atoms with Crippen LogP contribution in [0.3, 0.4) is 0 Å². The van der Waals surface area contributed by atoms with Crippen LogP contribution in [0, 0.1) is 0 Å². The van der Waals surface area contributed by atoms with Crippen LogP contribution < -0.4 is 5.73 Å². The molecule has 0 saturated carbocycles. The SMILES string of the molecule is CCOC(=O)CC(O)C(O)c1ccc(N)c(Cl)c1. The van der Waals surface area contributed by atoms with Crippen LogP contribution in [0.25, 0.3) is 0 Å². The molecule has 0 fully saturated rings. The summed E-state index contributed by atoms with van der Waals surface area (Å²) in [6, 6.07) is 4.52. The largest absolute Gasteiger partial charge is 0.466 e. The van der Waals surface area contributed by atoms with E-state index in [4.69, 9.17) is 17.3 Å². The molecule has 1 aromatic rings. The number of hydrogen-bond acceptors (Lipinski definition) is 5. The van der Waals surface area contributed by atoms with Gasteiger partial charge < -0.3 is 20.7 Å². The third-order valence-corrected chi connectivity index (χ3v) is 2.74. The number of halogens is 1. The van der Waals surface area contributed by atoms with Gasteiger partial charge in [0.15, 0.2) is 0 Å². The second-order valence-electron chi connectivity index (χ2n) is 3.80. The lowest BCUT2D eigenvalue weighted by Gasteiger charge is -2.18. The van der Waals surface area contributed by atoms with Gasteiger partial charge in [-0.2, -0.15) is 0 Å². The Hall–Kier alpha value is -1.30. The van der Waals surface area contributed by atoms with Crippen LogP contribution in [-0.2, 0) is 9.53 Å². The average molecular weight is 274 g/mol. The van der Waals surface area contributed by atoms with E-state index >= 15 is 0 Å². The number of aliphatic hydroxyl groups is 2. The van der Waals surface area contributed by atoms with Crippen molar-refractivity contribution in [2.75, 3.05) is 12.3 Å². The predicted octanol–water partition coefficient (Wildman–Crippen LogP) is 1.27. The van der Waals surface area contributed by atoms with Crippen LogP contribution in [0.4, 0.5) is 5.69 Å². The topological polar surface area (TPSA) is 92.8 Å². The maximum atomic E-state index is 11.2. The molecular formula is C12H16ClNO4. The molecule has 1 rings (SSSR count). The molecule has 0 heterocycles. The van der Waals surface area contributed by atoms with Crippen molar-refractivity contribution in [3.8, 4) is 0 Å². The van der Waals surface area contributed by atoms with Gasteiger partial charge >= 0.3 is 5.97 Å². The van der Waals surface area contributed by atoms with E-state index < -0.39 is 18.2 Å². The first-order chi connectivity index (χ1) is 8.45. The van der Waals surface area contributed by atoms with Gasteiger partial charge in [0.25, 0.3) is 0 Å². The molecular weight excluding hydrogens is 258 g/mol. The van der Waals surface area contributed by atoms with E-state index in [1.54, 1.807) is 13.0 Å². The Balaban J connectivity index is 2.70. The maximum absolute atomic E-state index is 11.2. The van der Waals surface area contributed by atoms with Crippen molar-refractivity contribution >= 4 is 23.3 Å². The Kier molecular flexibility index (Phi) is 5.40. The fourth-order valence-corrected chi connectivity index (χ4v) is 1.64. The van der Waals surface area contributed by atoms with Crippen LogP contribution in [0.5, 0.6) is 0 Å². The minimum atomic E-state index is -1.25. The molecule has 0 aliphatic rings. The second-order valence-corrected chi connectivity index (χ2v) is 4.21. The molecule has 0 aromatic heterocycles. The highest BCUT2D eigenvalue weighted by Gasteiger charge is 2.22. The van der Waals surface area contributed by atoms with Crippen LogP contribution in [-0.4, -0.2) is 28.9 Å². The monoisotopic (exact) mass is 273 g/mol. The standard InChI is InChI=1S/C12H16ClNO4/c1-2-18-11(16)6-10(15)12(17)7-3-4-9(14)8(13)5-7/h3-5,10,12,15,17H,2,6,14H2,1H3. The number of aliphatic hydroxyl groups excluding tert-OH is 2. The minimum Gasteiger partial charge on any atom is -0.466 e. The van der Waals surface area contributed by atoms with E-state index in [0.717, 1.165) is 0 Å². The van der Waals surface area contributed by atoms with Gasteiger partial charge in [0, 0.05) is 0 Å². The molecule has 5 nitrogen and oxygen atoms in total. The predicted molar refractivity (Wildman–Crippen MR) is 68.1 cm³/mol. The molecule has 100 valence electrons. The summed E-state index contributed by atoms with van der Waals surface area (Å²) in [4.78, 5) is 11.2. The highest BCUT2D eigenvalue weighted by atomic mass is 35.5. The number of anilines is 1. The molecule has 2 unspecified atom stereocenters. The maximum Gasteiger partial charge on any atom is 0.308 e. The number of carbonyl (C=O) groups is 1. The Morgan fingerprint density at radius 3 is 2.72 bits per heavy atom. The molecule has 0 amide bonds. The molecule has 0 aliphatic heterocycles. The van der Waals surface area contributed by atoms with Gasteiger partial charge in [0.05, 0.1) is 29.8 Å². The number of hydrogen-bond donors (Lipinski definition) is 3. The summed E-state index contributed by atoms with van der Waals surface area (Å²) >= 11 is 5.81. The number of rotatable bonds is 5. The molecule has 0 aliphatic carbocycles.